The number of carbonyl (C=O) groups is 1. The Labute approximate surface area is 140 Å². The van der Waals surface area contributed by atoms with Crippen LogP contribution in [0.25, 0.3) is 11.5 Å². The molecule has 5 nitrogen and oxygen atoms in total. The van der Waals surface area contributed by atoms with Crippen molar-refractivity contribution in [3.05, 3.63) is 65.5 Å². The molecule has 1 N–H and O–H groups in total. The van der Waals surface area contributed by atoms with Crippen LogP contribution in [0.15, 0.2) is 52.9 Å². The molecule has 0 aliphatic carbocycles. The van der Waals surface area contributed by atoms with Crippen molar-refractivity contribution in [1.82, 2.24) is 10.2 Å². The van der Waals surface area contributed by atoms with E-state index in [2.05, 4.69) is 15.5 Å². The van der Waals surface area contributed by atoms with Gasteiger partial charge in [-0.25, -0.2) is 0 Å². The highest BCUT2D eigenvalue weighted by Crippen LogP contribution is 2.19. The molecular weight excluding hydrogens is 302 g/mol. The highest BCUT2D eigenvalue weighted by Gasteiger charge is 2.10. The standard InChI is InChI=1S/C19H19N3O2/c1-13-3-7-15(8-4-13)19-22-21-18(24-19)12-11-17(23)20-16-9-5-14(2)6-10-16/h3-10H,11-12H2,1-2H3,(H,20,23). The third-order valence-electron chi connectivity index (χ3n) is 3.67. The summed E-state index contributed by atoms with van der Waals surface area (Å²) in [6.45, 7) is 4.03. The van der Waals surface area contributed by atoms with Crippen LogP contribution in [0.4, 0.5) is 5.69 Å². The molecule has 0 fully saturated rings. The lowest BCUT2D eigenvalue weighted by molar-refractivity contribution is -0.116. The third-order valence-corrected chi connectivity index (χ3v) is 3.67. The van der Waals surface area contributed by atoms with Gasteiger partial charge in [0.15, 0.2) is 0 Å². The van der Waals surface area contributed by atoms with Crippen molar-refractivity contribution in [1.29, 1.82) is 0 Å². The van der Waals surface area contributed by atoms with Crippen LogP contribution in [-0.2, 0) is 11.2 Å². The molecule has 24 heavy (non-hydrogen) atoms. The first-order chi connectivity index (χ1) is 11.6. The van der Waals surface area contributed by atoms with Gasteiger partial charge in [0.2, 0.25) is 17.7 Å². The number of carbonyl (C=O) groups excluding carboxylic acids is 1. The molecule has 1 aromatic heterocycles. The molecule has 0 saturated heterocycles. The molecule has 3 rings (SSSR count). The maximum atomic E-state index is 12.0. The Morgan fingerprint density at radius 2 is 1.58 bits per heavy atom. The van der Waals surface area contributed by atoms with Gasteiger partial charge in [0.1, 0.15) is 0 Å². The summed E-state index contributed by atoms with van der Waals surface area (Å²) in [6.07, 6.45) is 0.708. The smallest absolute Gasteiger partial charge is 0.247 e. The van der Waals surface area contributed by atoms with Gasteiger partial charge in [0.05, 0.1) is 0 Å². The molecule has 2 aromatic carbocycles. The molecule has 0 bridgehead atoms. The van der Waals surface area contributed by atoms with E-state index in [0.717, 1.165) is 16.8 Å². The van der Waals surface area contributed by atoms with E-state index >= 15 is 0 Å². The maximum Gasteiger partial charge on any atom is 0.247 e. The summed E-state index contributed by atoms with van der Waals surface area (Å²) in [5.41, 5.74) is 3.99. The lowest BCUT2D eigenvalue weighted by Gasteiger charge is -2.04. The minimum Gasteiger partial charge on any atom is -0.421 e. The van der Waals surface area contributed by atoms with Crippen molar-refractivity contribution in [2.45, 2.75) is 26.7 Å². The summed E-state index contributed by atoms with van der Waals surface area (Å²) in [5, 5.41) is 10.9. The number of anilines is 1. The first-order valence-corrected chi connectivity index (χ1v) is 7.86. The number of nitrogens with one attached hydrogen (secondary N) is 1. The van der Waals surface area contributed by atoms with Crippen LogP contribution in [0, 0.1) is 13.8 Å². The Kier molecular flexibility index (Phi) is 4.70. The van der Waals surface area contributed by atoms with Crippen molar-refractivity contribution in [2.24, 2.45) is 0 Å². The summed E-state index contributed by atoms with van der Waals surface area (Å²) < 4.78 is 5.62. The van der Waals surface area contributed by atoms with E-state index in [1.54, 1.807) is 0 Å². The first-order valence-electron chi connectivity index (χ1n) is 7.86. The van der Waals surface area contributed by atoms with E-state index in [1.807, 2.05) is 62.4 Å². The predicted octanol–water partition coefficient (Wildman–Crippen LogP) is 3.92. The van der Waals surface area contributed by atoms with Gasteiger partial charge in [-0.05, 0) is 38.1 Å². The Morgan fingerprint density at radius 1 is 0.958 bits per heavy atom. The van der Waals surface area contributed by atoms with Gasteiger partial charge >= 0.3 is 0 Å². The van der Waals surface area contributed by atoms with Crippen LogP contribution >= 0.6 is 0 Å². The topological polar surface area (TPSA) is 68.0 Å². The molecule has 122 valence electrons. The zero-order chi connectivity index (χ0) is 16.9. The number of hydrogen-bond acceptors (Lipinski definition) is 4. The molecule has 0 spiro atoms. The minimum atomic E-state index is -0.0751. The van der Waals surface area contributed by atoms with Crippen molar-refractivity contribution in [2.75, 3.05) is 5.32 Å². The van der Waals surface area contributed by atoms with Crippen molar-refractivity contribution >= 4 is 11.6 Å². The monoisotopic (exact) mass is 321 g/mol. The summed E-state index contributed by atoms with van der Waals surface area (Å²) >= 11 is 0. The van der Waals surface area contributed by atoms with E-state index in [0.29, 0.717) is 24.6 Å². The van der Waals surface area contributed by atoms with Crippen LogP contribution in [0.1, 0.15) is 23.4 Å². The molecule has 3 aromatic rings. The van der Waals surface area contributed by atoms with Gasteiger partial charge in [-0.1, -0.05) is 35.4 Å². The Morgan fingerprint density at radius 3 is 2.25 bits per heavy atom. The fourth-order valence-electron chi connectivity index (χ4n) is 2.25. The molecule has 0 unspecified atom stereocenters. The van der Waals surface area contributed by atoms with E-state index in [-0.39, 0.29) is 5.91 Å². The molecule has 1 heterocycles. The second kappa shape index (κ2) is 7.08. The van der Waals surface area contributed by atoms with E-state index in [1.165, 1.54) is 5.56 Å². The van der Waals surface area contributed by atoms with Gasteiger partial charge < -0.3 is 9.73 Å². The SMILES string of the molecule is Cc1ccc(NC(=O)CCc2nnc(-c3ccc(C)cc3)o2)cc1. The van der Waals surface area contributed by atoms with Crippen LogP contribution in [0.5, 0.6) is 0 Å². The molecule has 0 atom stereocenters. The molecule has 1 amide bonds. The van der Waals surface area contributed by atoms with Gasteiger partial charge in [-0.2, -0.15) is 0 Å². The van der Waals surface area contributed by atoms with Crippen molar-refractivity contribution < 1.29 is 9.21 Å². The Balaban J connectivity index is 1.56. The summed E-state index contributed by atoms with van der Waals surface area (Å²) in [4.78, 5) is 12.0. The van der Waals surface area contributed by atoms with Crippen LogP contribution < -0.4 is 5.32 Å². The van der Waals surface area contributed by atoms with E-state index in [9.17, 15) is 4.79 Å². The normalized spacial score (nSPS) is 10.6. The van der Waals surface area contributed by atoms with Crippen LogP contribution in [0.3, 0.4) is 0 Å². The highest BCUT2D eigenvalue weighted by molar-refractivity contribution is 5.90. The lowest BCUT2D eigenvalue weighted by Crippen LogP contribution is -2.12. The quantitative estimate of drug-likeness (QED) is 0.773. The van der Waals surface area contributed by atoms with Crippen molar-refractivity contribution in [3.8, 4) is 11.5 Å². The number of rotatable bonds is 5. The zero-order valence-electron chi connectivity index (χ0n) is 13.7. The van der Waals surface area contributed by atoms with E-state index < -0.39 is 0 Å². The average Bonchev–Trinajstić information content (AvgIpc) is 3.05. The van der Waals surface area contributed by atoms with Gasteiger partial charge in [0, 0.05) is 24.1 Å². The fourth-order valence-corrected chi connectivity index (χ4v) is 2.25. The van der Waals surface area contributed by atoms with Gasteiger partial charge in [0.25, 0.3) is 0 Å². The minimum absolute atomic E-state index is 0.0751. The Bertz CT molecular complexity index is 821. The number of nitrogens with zero attached hydrogens (tertiary/aromatic N) is 2. The molecule has 0 aliphatic rings. The predicted molar refractivity (Wildman–Crippen MR) is 92.6 cm³/mol. The average molecular weight is 321 g/mol. The molecule has 0 aliphatic heterocycles. The number of aryl methyl sites for hydroxylation is 3. The molecule has 5 heteroatoms. The molecular formula is C19H19N3O2. The van der Waals surface area contributed by atoms with Crippen LogP contribution in [0.2, 0.25) is 0 Å². The lowest BCUT2D eigenvalue weighted by atomic mass is 10.1. The molecule has 0 radical (unpaired) electrons. The van der Waals surface area contributed by atoms with E-state index in [4.69, 9.17) is 4.42 Å². The largest absolute Gasteiger partial charge is 0.421 e. The van der Waals surface area contributed by atoms with Crippen LogP contribution in [-0.4, -0.2) is 16.1 Å². The summed E-state index contributed by atoms with van der Waals surface area (Å²) in [5.74, 6) is 0.863. The summed E-state index contributed by atoms with van der Waals surface area (Å²) in [7, 11) is 0. The summed E-state index contributed by atoms with van der Waals surface area (Å²) in [6, 6.07) is 15.6. The third kappa shape index (κ3) is 4.07. The number of amides is 1. The maximum absolute atomic E-state index is 12.0. The highest BCUT2D eigenvalue weighted by atomic mass is 16.4. The first kappa shape index (κ1) is 15.9. The van der Waals surface area contributed by atoms with Gasteiger partial charge in [-0.3, -0.25) is 4.79 Å². The number of hydrogen-bond donors (Lipinski definition) is 1. The number of aromatic nitrogens is 2. The van der Waals surface area contributed by atoms with Gasteiger partial charge in [-0.15, -0.1) is 10.2 Å². The second-order valence-electron chi connectivity index (χ2n) is 5.78. The molecule has 0 saturated carbocycles. The zero-order valence-corrected chi connectivity index (χ0v) is 13.7. The Hall–Kier alpha value is -2.95. The fraction of sp³-hybridized carbons (Fsp3) is 0.211. The second-order valence-corrected chi connectivity index (χ2v) is 5.78. The van der Waals surface area contributed by atoms with Crippen molar-refractivity contribution in [3.63, 3.8) is 0 Å². The number of benzene rings is 2.